The Kier molecular flexibility index (Phi) is 5.56. The summed E-state index contributed by atoms with van der Waals surface area (Å²) in [4.78, 5) is 27.9. The first-order valence-corrected chi connectivity index (χ1v) is 10.9. The van der Waals surface area contributed by atoms with E-state index in [-0.39, 0.29) is 29.3 Å². The monoisotopic (exact) mass is 404 g/mol. The van der Waals surface area contributed by atoms with Gasteiger partial charge in [0.1, 0.15) is 12.4 Å². The average molecular weight is 405 g/mol. The number of carbonyl (C=O) groups is 2. The smallest absolute Gasteiger partial charge is 0.248 e. The summed E-state index contributed by atoms with van der Waals surface area (Å²) in [5.74, 6) is 2.04. The summed E-state index contributed by atoms with van der Waals surface area (Å²) in [5.41, 5.74) is 2.29. The number of carbonyl (C=O) groups excluding carboxylic acids is 2. The van der Waals surface area contributed by atoms with Gasteiger partial charge in [0.25, 0.3) is 0 Å². The molecule has 2 fully saturated rings. The highest BCUT2D eigenvalue weighted by Gasteiger charge is 2.50. The maximum Gasteiger partial charge on any atom is 0.248 e. The van der Waals surface area contributed by atoms with Crippen LogP contribution < -0.4 is 4.74 Å². The average Bonchev–Trinajstić information content (AvgIpc) is 3.09. The molecule has 1 aromatic carbocycles. The molecule has 3 heterocycles. The molecule has 1 atom stereocenters. The van der Waals surface area contributed by atoms with Crippen molar-refractivity contribution in [1.29, 1.82) is 0 Å². The topological polar surface area (TPSA) is 59.1 Å². The lowest BCUT2D eigenvalue weighted by Crippen LogP contribution is -2.61. The molecule has 0 N–H and O–H groups in total. The van der Waals surface area contributed by atoms with E-state index in [2.05, 4.69) is 6.07 Å². The van der Waals surface area contributed by atoms with Crippen molar-refractivity contribution >= 4 is 23.6 Å². The maximum absolute atomic E-state index is 12.7. The zero-order chi connectivity index (χ0) is 19.7. The summed E-state index contributed by atoms with van der Waals surface area (Å²) < 4.78 is 11.5. The Morgan fingerprint density at radius 1 is 1.36 bits per heavy atom. The highest BCUT2D eigenvalue weighted by atomic mass is 32.2. The summed E-state index contributed by atoms with van der Waals surface area (Å²) in [6.07, 6.45) is 3.54. The maximum atomic E-state index is 12.7. The van der Waals surface area contributed by atoms with Crippen LogP contribution in [0.3, 0.4) is 0 Å². The van der Waals surface area contributed by atoms with E-state index in [0.717, 1.165) is 56.0 Å². The zero-order valence-electron chi connectivity index (χ0n) is 16.6. The van der Waals surface area contributed by atoms with Gasteiger partial charge in [-0.3, -0.25) is 9.59 Å². The molecule has 0 radical (unpaired) electrons. The van der Waals surface area contributed by atoms with E-state index in [0.29, 0.717) is 6.42 Å². The largest absolute Gasteiger partial charge is 0.493 e. The minimum absolute atomic E-state index is 0.00758. The van der Waals surface area contributed by atoms with Crippen LogP contribution in [0.1, 0.15) is 24.0 Å². The fourth-order valence-electron chi connectivity index (χ4n) is 4.08. The second-order valence-electron chi connectivity index (χ2n) is 8.24. The predicted octanol–water partition coefficient (Wildman–Crippen LogP) is 1.75. The quantitative estimate of drug-likeness (QED) is 0.748. The number of likely N-dealkylation sites (tertiary alicyclic amines) is 1. The highest BCUT2D eigenvalue weighted by molar-refractivity contribution is 8.01. The molecule has 3 aliphatic heterocycles. The van der Waals surface area contributed by atoms with Crippen LogP contribution in [0.5, 0.6) is 5.75 Å². The summed E-state index contributed by atoms with van der Waals surface area (Å²) in [6.45, 7) is 2.49. The van der Waals surface area contributed by atoms with Crippen LogP contribution >= 0.6 is 11.8 Å². The lowest BCUT2D eigenvalue weighted by molar-refractivity contribution is -0.137. The fraction of sp³-hybridized carbons (Fsp3) is 0.619. The Hall–Kier alpha value is -1.73. The van der Waals surface area contributed by atoms with Crippen LogP contribution in [-0.4, -0.2) is 78.6 Å². The van der Waals surface area contributed by atoms with Crippen LogP contribution in [-0.2, 0) is 27.2 Å². The molecule has 0 saturated carbocycles. The van der Waals surface area contributed by atoms with E-state index in [9.17, 15) is 9.59 Å². The van der Waals surface area contributed by atoms with Gasteiger partial charge in [-0.25, -0.2) is 0 Å². The third-order valence-corrected chi connectivity index (χ3v) is 7.33. The van der Waals surface area contributed by atoms with Crippen LogP contribution in [0.15, 0.2) is 18.2 Å². The molecule has 0 aliphatic carbocycles. The number of hydrogen-bond acceptors (Lipinski definition) is 5. The number of nitrogens with zero attached hydrogens (tertiary/aromatic N) is 2. The number of fused-ring (bicyclic) bond motifs is 1. The lowest BCUT2D eigenvalue weighted by Gasteiger charge is -2.47. The number of ether oxygens (including phenoxy) is 2. The summed E-state index contributed by atoms with van der Waals surface area (Å²) in [6, 6.07) is 6.13. The van der Waals surface area contributed by atoms with Crippen molar-refractivity contribution in [2.45, 2.75) is 36.5 Å². The van der Waals surface area contributed by atoms with E-state index in [1.54, 1.807) is 19.0 Å². The van der Waals surface area contributed by atoms with Crippen molar-refractivity contribution in [2.24, 2.45) is 0 Å². The van der Waals surface area contributed by atoms with E-state index >= 15 is 0 Å². The van der Waals surface area contributed by atoms with Gasteiger partial charge in [0.2, 0.25) is 11.8 Å². The third kappa shape index (κ3) is 4.15. The van der Waals surface area contributed by atoms with Gasteiger partial charge < -0.3 is 19.3 Å². The van der Waals surface area contributed by atoms with E-state index in [1.165, 1.54) is 5.56 Å². The Bertz CT molecular complexity index is 761. The Morgan fingerprint density at radius 3 is 2.96 bits per heavy atom. The van der Waals surface area contributed by atoms with Crippen molar-refractivity contribution in [1.82, 2.24) is 9.80 Å². The summed E-state index contributed by atoms with van der Waals surface area (Å²) >= 11 is 1.89. The van der Waals surface area contributed by atoms with Crippen LogP contribution in [0.2, 0.25) is 0 Å². The molecule has 2 amide bonds. The first-order chi connectivity index (χ1) is 13.4. The minimum atomic E-state index is -0.00758. The van der Waals surface area contributed by atoms with Crippen molar-refractivity contribution < 1.29 is 19.1 Å². The number of benzene rings is 1. The van der Waals surface area contributed by atoms with Gasteiger partial charge >= 0.3 is 0 Å². The molecule has 3 aliphatic rings. The van der Waals surface area contributed by atoms with Gasteiger partial charge in [0.15, 0.2) is 0 Å². The van der Waals surface area contributed by atoms with Crippen molar-refractivity contribution in [3.63, 3.8) is 0 Å². The Labute approximate surface area is 170 Å². The van der Waals surface area contributed by atoms with E-state index < -0.39 is 0 Å². The molecule has 0 aromatic heterocycles. The van der Waals surface area contributed by atoms with Crippen LogP contribution in [0.25, 0.3) is 0 Å². The van der Waals surface area contributed by atoms with Gasteiger partial charge in [0, 0.05) is 32.9 Å². The Morgan fingerprint density at radius 2 is 2.18 bits per heavy atom. The summed E-state index contributed by atoms with van der Waals surface area (Å²) in [7, 11) is 3.48. The lowest BCUT2D eigenvalue weighted by atomic mass is 9.92. The SMILES string of the molecule is CN(C)C(=O)CO[C@@H]1CSC2(C1)CN(C(=O)Cc1ccc3c(c1)CCCO3)C2. The van der Waals surface area contributed by atoms with Crippen molar-refractivity contribution in [2.75, 3.05) is 46.2 Å². The fourth-order valence-corrected chi connectivity index (χ4v) is 5.64. The molecule has 6 nitrogen and oxygen atoms in total. The second kappa shape index (κ2) is 7.95. The second-order valence-corrected chi connectivity index (χ2v) is 9.73. The standard InChI is InChI=1S/C21H28N2O4S/c1-22(2)20(25)11-27-17-10-21(28-12-17)13-23(14-21)19(24)9-15-5-6-18-16(8-15)4-3-7-26-18/h5-6,8,17H,3-4,7,9-14H2,1-2H3/t17-/m0/s1. The normalized spacial score (nSPS) is 22.4. The first kappa shape index (κ1) is 19.6. The number of likely N-dealkylation sites (N-methyl/N-ethyl adjacent to an activating group) is 1. The third-order valence-electron chi connectivity index (χ3n) is 5.76. The minimum Gasteiger partial charge on any atom is -0.493 e. The molecular formula is C21H28N2O4S. The van der Waals surface area contributed by atoms with Gasteiger partial charge in [0.05, 0.1) is 23.9 Å². The molecule has 0 bridgehead atoms. The number of aryl methyl sites for hydroxylation is 1. The number of hydrogen-bond donors (Lipinski definition) is 0. The van der Waals surface area contributed by atoms with Crippen LogP contribution in [0, 0.1) is 0 Å². The van der Waals surface area contributed by atoms with Crippen molar-refractivity contribution in [3.05, 3.63) is 29.3 Å². The van der Waals surface area contributed by atoms with E-state index in [1.807, 2.05) is 28.8 Å². The zero-order valence-corrected chi connectivity index (χ0v) is 17.4. The van der Waals surface area contributed by atoms with E-state index in [4.69, 9.17) is 9.47 Å². The molecule has 28 heavy (non-hydrogen) atoms. The molecule has 152 valence electrons. The predicted molar refractivity (Wildman–Crippen MR) is 109 cm³/mol. The Balaban J connectivity index is 1.25. The van der Waals surface area contributed by atoms with Crippen LogP contribution in [0.4, 0.5) is 0 Å². The molecule has 1 spiro atoms. The molecule has 7 heteroatoms. The summed E-state index contributed by atoms with van der Waals surface area (Å²) in [5, 5.41) is 0. The highest BCUT2D eigenvalue weighted by Crippen LogP contribution is 2.46. The molecular weight excluding hydrogens is 376 g/mol. The van der Waals surface area contributed by atoms with Gasteiger partial charge in [-0.15, -0.1) is 11.8 Å². The number of rotatable bonds is 5. The van der Waals surface area contributed by atoms with Gasteiger partial charge in [-0.1, -0.05) is 12.1 Å². The number of thioether (sulfide) groups is 1. The van der Waals surface area contributed by atoms with Gasteiger partial charge in [-0.2, -0.15) is 0 Å². The molecule has 4 rings (SSSR count). The van der Waals surface area contributed by atoms with Crippen molar-refractivity contribution in [3.8, 4) is 5.75 Å². The first-order valence-electron chi connectivity index (χ1n) is 9.92. The number of amides is 2. The molecule has 2 saturated heterocycles. The molecule has 1 aromatic rings. The molecule has 0 unspecified atom stereocenters. The van der Waals surface area contributed by atoms with Gasteiger partial charge in [-0.05, 0) is 36.5 Å².